The number of hydrogen-bond acceptors (Lipinski definition) is 3. The molecule has 5 nitrogen and oxygen atoms in total. The Hall–Kier alpha value is -2.04. The van der Waals surface area contributed by atoms with Crippen molar-refractivity contribution in [3.8, 4) is 0 Å². The van der Waals surface area contributed by atoms with Crippen molar-refractivity contribution in [1.29, 1.82) is 0 Å². The normalized spacial score (nSPS) is 26.0. The molecule has 3 rings (SSSR count). The molecule has 1 aromatic heterocycles. The quantitative estimate of drug-likeness (QED) is 0.824. The van der Waals surface area contributed by atoms with Crippen molar-refractivity contribution in [2.24, 2.45) is 11.8 Å². The number of hydrogen-bond donors (Lipinski definition) is 2. The summed E-state index contributed by atoms with van der Waals surface area (Å²) >= 11 is 0. The molecule has 0 saturated carbocycles. The van der Waals surface area contributed by atoms with E-state index in [1.807, 2.05) is 19.9 Å². The number of esters is 1. The monoisotopic (exact) mass is 302 g/mol. The molecule has 0 radical (unpaired) electrons. The van der Waals surface area contributed by atoms with Crippen molar-refractivity contribution in [2.75, 3.05) is 7.11 Å². The van der Waals surface area contributed by atoms with E-state index in [-0.39, 0.29) is 23.7 Å². The van der Waals surface area contributed by atoms with Gasteiger partial charge in [0.25, 0.3) is 0 Å². The van der Waals surface area contributed by atoms with Gasteiger partial charge in [-0.25, -0.2) is 4.79 Å². The highest BCUT2D eigenvalue weighted by atomic mass is 16.5. The molecule has 0 bridgehead atoms. The molecule has 5 heteroatoms. The van der Waals surface area contributed by atoms with Gasteiger partial charge in [0.15, 0.2) is 0 Å². The van der Waals surface area contributed by atoms with Gasteiger partial charge in [-0.2, -0.15) is 0 Å². The minimum Gasteiger partial charge on any atom is -0.464 e. The Bertz CT molecular complexity index is 657. The van der Waals surface area contributed by atoms with Gasteiger partial charge in [-0.15, -0.1) is 0 Å². The Morgan fingerprint density at radius 1 is 1.18 bits per heavy atom. The first-order valence-corrected chi connectivity index (χ1v) is 7.87. The lowest BCUT2D eigenvalue weighted by Crippen LogP contribution is -2.16. The van der Waals surface area contributed by atoms with E-state index in [0.29, 0.717) is 5.69 Å². The number of amides is 1. The van der Waals surface area contributed by atoms with E-state index in [4.69, 9.17) is 4.74 Å². The number of carbonyl (C=O) groups excluding carboxylic acids is 2. The summed E-state index contributed by atoms with van der Waals surface area (Å²) in [6, 6.07) is 0. The summed E-state index contributed by atoms with van der Waals surface area (Å²) in [6.07, 6.45) is 6.06. The van der Waals surface area contributed by atoms with Crippen molar-refractivity contribution in [2.45, 2.75) is 39.5 Å². The lowest BCUT2D eigenvalue weighted by atomic mass is 9.91. The average Bonchev–Trinajstić information content (AvgIpc) is 3.01. The second-order valence-electron chi connectivity index (χ2n) is 6.24. The number of carbonyl (C=O) groups is 2. The van der Waals surface area contributed by atoms with Gasteiger partial charge in [-0.05, 0) is 42.9 Å². The van der Waals surface area contributed by atoms with E-state index in [0.717, 1.165) is 42.6 Å². The zero-order valence-electron chi connectivity index (χ0n) is 13.3. The van der Waals surface area contributed by atoms with Gasteiger partial charge >= 0.3 is 5.97 Å². The maximum Gasteiger partial charge on any atom is 0.354 e. The van der Waals surface area contributed by atoms with E-state index < -0.39 is 0 Å². The standard InChI is InChI=1S/C17H22N2O3/c1-9-10(2)16(20)19-13(9)8-14-11-6-4-5-7-12(11)15(18-14)17(21)22-3/h8-10,18H,4-7H2,1-3H3,(H,19,20)/t9-,10-/m1/s1. The van der Waals surface area contributed by atoms with Crippen LogP contribution in [-0.2, 0) is 22.4 Å². The maximum atomic E-state index is 12.0. The second-order valence-corrected chi connectivity index (χ2v) is 6.24. The van der Waals surface area contributed by atoms with E-state index in [2.05, 4.69) is 10.3 Å². The number of nitrogens with one attached hydrogen (secondary N) is 2. The van der Waals surface area contributed by atoms with Crippen LogP contribution in [0.5, 0.6) is 0 Å². The molecule has 0 spiro atoms. The second kappa shape index (κ2) is 5.63. The average molecular weight is 302 g/mol. The Kier molecular flexibility index (Phi) is 3.81. The van der Waals surface area contributed by atoms with Crippen LogP contribution >= 0.6 is 0 Å². The SMILES string of the molecule is COC(=O)c1[nH]c(C=C2NC(=O)[C@H](C)[C@H]2C)c2c1CCCC2. The molecule has 22 heavy (non-hydrogen) atoms. The summed E-state index contributed by atoms with van der Waals surface area (Å²) in [5.41, 5.74) is 4.69. The lowest BCUT2D eigenvalue weighted by Gasteiger charge is -2.13. The molecular formula is C17H22N2O3. The minimum atomic E-state index is -0.320. The number of ether oxygens (including phenoxy) is 1. The van der Waals surface area contributed by atoms with Crippen LogP contribution in [0.15, 0.2) is 5.70 Å². The van der Waals surface area contributed by atoms with Gasteiger partial charge in [-0.1, -0.05) is 13.8 Å². The van der Waals surface area contributed by atoms with Crippen LogP contribution in [0.4, 0.5) is 0 Å². The first-order valence-electron chi connectivity index (χ1n) is 7.87. The molecule has 2 atom stereocenters. The van der Waals surface area contributed by atoms with Crippen LogP contribution in [0.2, 0.25) is 0 Å². The number of H-pyrrole nitrogens is 1. The van der Waals surface area contributed by atoms with E-state index >= 15 is 0 Å². The molecule has 118 valence electrons. The molecular weight excluding hydrogens is 280 g/mol. The third kappa shape index (κ3) is 2.34. The van der Waals surface area contributed by atoms with Gasteiger partial charge in [0.1, 0.15) is 5.69 Å². The topological polar surface area (TPSA) is 71.2 Å². The van der Waals surface area contributed by atoms with E-state index in [9.17, 15) is 9.59 Å². The molecule has 1 aromatic rings. The van der Waals surface area contributed by atoms with E-state index in [1.165, 1.54) is 12.7 Å². The van der Waals surface area contributed by atoms with Gasteiger partial charge in [0.2, 0.25) is 5.91 Å². The lowest BCUT2D eigenvalue weighted by molar-refractivity contribution is -0.122. The fourth-order valence-corrected chi connectivity index (χ4v) is 3.35. The molecule has 0 aromatic carbocycles. The Morgan fingerprint density at radius 3 is 2.45 bits per heavy atom. The van der Waals surface area contributed by atoms with Crippen LogP contribution in [0.3, 0.4) is 0 Å². The van der Waals surface area contributed by atoms with Gasteiger partial charge in [0.05, 0.1) is 7.11 Å². The molecule has 1 amide bonds. The number of fused-ring (bicyclic) bond motifs is 1. The van der Waals surface area contributed by atoms with Crippen molar-refractivity contribution < 1.29 is 14.3 Å². The zero-order valence-corrected chi connectivity index (χ0v) is 13.3. The molecule has 1 aliphatic heterocycles. The number of aromatic amines is 1. The third-order valence-corrected chi connectivity index (χ3v) is 4.97. The number of aromatic nitrogens is 1. The van der Waals surface area contributed by atoms with Crippen LogP contribution in [0.25, 0.3) is 6.08 Å². The van der Waals surface area contributed by atoms with E-state index in [1.54, 1.807) is 0 Å². The van der Waals surface area contributed by atoms with Crippen LogP contribution in [0.1, 0.15) is 54.0 Å². The molecule has 1 fully saturated rings. The molecule has 2 N–H and O–H groups in total. The summed E-state index contributed by atoms with van der Waals surface area (Å²) in [4.78, 5) is 27.0. The fourth-order valence-electron chi connectivity index (χ4n) is 3.35. The highest BCUT2D eigenvalue weighted by Gasteiger charge is 2.32. The minimum absolute atomic E-state index is 0.0166. The molecule has 2 heterocycles. The molecule has 1 saturated heterocycles. The smallest absolute Gasteiger partial charge is 0.354 e. The number of rotatable bonds is 2. The molecule has 2 aliphatic rings. The van der Waals surface area contributed by atoms with Crippen molar-refractivity contribution in [1.82, 2.24) is 10.3 Å². The Morgan fingerprint density at radius 2 is 1.86 bits per heavy atom. The van der Waals surface area contributed by atoms with Crippen LogP contribution in [-0.4, -0.2) is 24.0 Å². The number of allylic oxidation sites excluding steroid dienone is 1. The first kappa shape index (κ1) is 14.9. The Balaban J connectivity index is 2.03. The molecule has 0 unspecified atom stereocenters. The largest absolute Gasteiger partial charge is 0.464 e. The maximum absolute atomic E-state index is 12.0. The highest BCUT2D eigenvalue weighted by molar-refractivity contribution is 5.91. The zero-order chi connectivity index (χ0) is 15.9. The summed E-state index contributed by atoms with van der Waals surface area (Å²) in [6.45, 7) is 3.98. The van der Waals surface area contributed by atoms with Gasteiger partial charge < -0.3 is 15.0 Å². The van der Waals surface area contributed by atoms with Crippen LogP contribution < -0.4 is 5.32 Å². The summed E-state index contributed by atoms with van der Waals surface area (Å²) in [5, 5.41) is 2.95. The van der Waals surface area contributed by atoms with Gasteiger partial charge in [0, 0.05) is 23.2 Å². The third-order valence-electron chi connectivity index (χ3n) is 4.97. The number of methoxy groups -OCH3 is 1. The van der Waals surface area contributed by atoms with Crippen LogP contribution in [0, 0.1) is 11.8 Å². The van der Waals surface area contributed by atoms with Crippen molar-refractivity contribution in [3.63, 3.8) is 0 Å². The Labute approximate surface area is 130 Å². The highest BCUT2D eigenvalue weighted by Crippen LogP contribution is 2.32. The van der Waals surface area contributed by atoms with Crippen molar-refractivity contribution in [3.05, 3.63) is 28.2 Å². The first-order chi connectivity index (χ1) is 10.5. The molecule has 1 aliphatic carbocycles. The van der Waals surface area contributed by atoms with Gasteiger partial charge in [-0.3, -0.25) is 4.79 Å². The predicted octanol–water partition coefficient (Wildman–Crippen LogP) is 2.42. The fraction of sp³-hybridized carbons (Fsp3) is 0.529. The van der Waals surface area contributed by atoms with Crippen molar-refractivity contribution >= 4 is 18.0 Å². The summed E-state index contributed by atoms with van der Waals surface area (Å²) in [7, 11) is 1.40. The summed E-state index contributed by atoms with van der Waals surface area (Å²) < 4.78 is 4.88. The predicted molar refractivity (Wildman–Crippen MR) is 83.2 cm³/mol. The summed E-state index contributed by atoms with van der Waals surface area (Å²) in [5.74, 6) is -0.110.